The molecule has 4 heterocycles. The predicted octanol–water partition coefficient (Wildman–Crippen LogP) is 5.52. The number of likely N-dealkylation sites (tertiary alicyclic amines) is 2. The predicted molar refractivity (Wildman–Crippen MR) is 139 cm³/mol. The first kappa shape index (κ1) is 22.0. The SMILES string of the molecule is O=C(c1cc2ccccc2[nH]1)N1CCC(CCN2CCC3(CC2)CNc2cc(Cl)ccc23)CC1. The van der Waals surface area contributed by atoms with Crippen molar-refractivity contribution in [3.63, 3.8) is 0 Å². The smallest absolute Gasteiger partial charge is 0.270 e. The summed E-state index contributed by atoms with van der Waals surface area (Å²) in [6.07, 6.45) is 5.90. The summed E-state index contributed by atoms with van der Waals surface area (Å²) in [5, 5.41) is 5.51. The molecule has 2 aromatic carbocycles. The molecule has 3 aliphatic rings. The number of rotatable bonds is 4. The molecule has 5 nitrogen and oxygen atoms in total. The van der Waals surface area contributed by atoms with E-state index in [2.05, 4.69) is 33.4 Å². The summed E-state index contributed by atoms with van der Waals surface area (Å²) < 4.78 is 0. The minimum Gasteiger partial charge on any atom is -0.384 e. The van der Waals surface area contributed by atoms with Gasteiger partial charge in [-0.1, -0.05) is 35.9 Å². The van der Waals surface area contributed by atoms with E-state index >= 15 is 0 Å². The molecule has 2 fully saturated rings. The number of H-pyrrole nitrogens is 1. The second kappa shape index (κ2) is 8.94. The van der Waals surface area contributed by atoms with Crippen molar-refractivity contribution in [3.05, 3.63) is 64.8 Å². The molecule has 0 radical (unpaired) electrons. The van der Waals surface area contributed by atoms with Crippen molar-refractivity contribution in [3.8, 4) is 0 Å². The van der Waals surface area contributed by atoms with Gasteiger partial charge in [-0.15, -0.1) is 0 Å². The number of piperidine rings is 2. The topological polar surface area (TPSA) is 51.4 Å². The van der Waals surface area contributed by atoms with Crippen molar-refractivity contribution in [1.29, 1.82) is 0 Å². The molecular formula is C28H33ClN4O. The monoisotopic (exact) mass is 476 g/mol. The summed E-state index contributed by atoms with van der Waals surface area (Å²) in [5.74, 6) is 0.862. The number of aromatic amines is 1. The molecule has 0 saturated carbocycles. The number of anilines is 1. The van der Waals surface area contributed by atoms with Gasteiger partial charge in [-0.3, -0.25) is 4.79 Å². The van der Waals surface area contributed by atoms with Gasteiger partial charge in [-0.05, 0) is 87.5 Å². The standard InChI is InChI=1S/C28H33ClN4O/c29-22-5-6-23-25(18-22)30-19-28(23)10-15-32(16-11-28)12-7-20-8-13-33(14-9-20)27(34)26-17-21-3-1-2-4-24(21)31-26/h1-6,17-18,20,30-31H,7-16,19H2. The molecule has 3 aromatic rings. The minimum atomic E-state index is 0.141. The number of hydrogen-bond acceptors (Lipinski definition) is 3. The van der Waals surface area contributed by atoms with Crippen molar-refractivity contribution in [2.75, 3.05) is 44.6 Å². The molecule has 0 aliphatic carbocycles. The van der Waals surface area contributed by atoms with Crippen molar-refractivity contribution < 1.29 is 4.79 Å². The van der Waals surface area contributed by atoms with E-state index in [1.165, 1.54) is 50.1 Å². The zero-order valence-corrected chi connectivity index (χ0v) is 20.4. The molecule has 2 saturated heterocycles. The molecule has 2 N–H and O–H groups in total. The lowest BCUT2D eigenvalue weighted by molar-refractivity contribution is 0.0671. The van der Waals surface area contributed by atoms with Crippen molar-refractivity contribution in [2.24, 2.45) is 5.92 Å². The maximum absolute atomic E-state index is 13.0. The molecule has 34 heavy (non-hydrogen) atoms. The number of para-hydroxylation sites is 1. The van der Waals surface area contributed by atoms with Crippen molar-refractivity contribution in [1.82, 2.24) is 14.8 Å². The number of amides is 1. The van der Waals surface area contributed by atoms with Gasteiger partial charge in [0.05, 0.1) is 0 Å². The van der Waals surface area contributed by atoms with Gasteiger partial charge in [-0.25, -0.2) is 0 Å². The molecule has 1 aromatic heterocycles. The van der Waals surface area contributed by atoms with Crippen LogP contribution in [0.1, 0.15) is 48.2 Å². The van der Waals surface area contributed by atoms with Crippen LogP contribution in [0.2, 0.25) is 5.02 Å². The number of fused-ring (bicyclic) bond motifs is 3. The molecule has 1 spiro atoms. The Hall–Kier alpha value is -2.50. The fraction of sp³-hybridized carbons (Fsp3) is 0.464. The van der Waals surface area contributed by atoms with Gasteiger partial charge >= 0.3 is 0 Å². The summed E-state index contributed by atoms with van der Waals surface area (Å²) in [5.41, 5.74) is 4.72. The molecule has 1 amide bonds. The van der Waals surface area contributed by atoms with Gasteiger partial charge in [0.25, 0.3) is 5.91 Å². The Balaban J connectivity index is 0.975. The summed E-state index contributed by atoms with van der Waals surface area (Å²) in [6, 6.07) is 16.4. The highest BCUT2D eigenvalue weighted by Gasteiger charge is 2.41. The van der Waals surface area contributed by atoms with E-state index in [9.17, 15) is 4.79 Å². The van der Waals surface area contributed by atoms with E-state index in [0.717, 1.165) is 54.3 Å². The number of hydrogen-bond donors (Lipinski definition) is 2. The average Bonchev–Trinajstić information content (AvgIpc) is 3.45. The normalized spacial score (nSPS) is 20.6. The highest BCUT2D eigenvalue weighted by molar-refractivity contribution is 6.30. The van der Waals surface area contributed by atoms with Gasteiger partial charge in [0.15, 0.2) is 0 Å². The van der Waals surface area contributed by atoms with Crippen LogP contribution in [-0.4, -0.2) is 60.0 Å². The number of aromatic nitrogens is 1. The van der Waals surface area contributed by atoms with E-state index in [-0.39, 0.29) is 11.3 Å². The van der Waals surface area contributed by atoms with Crippen LogP contribution in [0.3, 0.4) is 0 Å². The van der Waals surface area contributed by atoms with E-state index in [4.69, 9.17) is 11.6 Å². The highest BCUT2D eigenvalue weighted by atomic mass is 35.5. The fourth-order valence-corrected chi connectivity index (χ4v) is 6.46. The second-order valence-electron chi connectivity index (χ2n) is 10.5. The highest BCUT2D eigenvalue weighted by Crippen LogP contribution is 2.44. The van der Waals surface area contributed by atoms with Crippen LogP contribution in [-0.2, 0) is 5.41 Å². The maximum Gasteiger partial charge on any atom is 0.270 e. The zero-order chi connectivity index (χ0) is 23.1. The summed E-state index contributed by atoms with van der Waals surface area (Å²) >= 11 is 6.19. The lowest BCUT2D eigenvalue weighted by Gasteiger charge is -2.40. The van der Waals surface area contributed by atoms with E-state index in [0.29, 0.717) is 5.69 Å². The Bertz CT molecular complexity index is 1160. The lowest BCUT2D eigenvalue weighted by atomic mass is 9.74. The summed E-state index contributed by atoms with van der Waals surface area (Å²) in [4.78, 5) is 21.0. The molecular weight excluding hydrogens is 444 g/mol. The quantitative estimate of drug-likeness (QED) is 0.521. The van der Waals surface area contributed by atoms with Gasteiger partial charge < -0.3 is 20.1 Å². The van der Waals surface area contributed by atoms with Gasteiger partial charge in [-0.2, -0.15) is 0 Å². The van der Waals surface area contributed by atoms with Crippen LogP contribution in [0.25, 0.3) is 10.9 Å². The zero-order valence-electron chi connectivity index (χ0n) is 19.7. The van der Waals surface area contributed by atoms with Gasteiger partial charge in [0.2, 0.25) is 0 Å². The average molecular weight is 477 g/mol. The Kier molecular flexibility index (Phi) is 5.78. The number of carbonyl (C=O) groups excluding carboxylic acids is 1. The third kappa shape index (κ3) is 4.09. The van der Waals surface area contributed by atoms with Crippen LogP contribution in [0.4, 0.5) is 5.69 Å². The molecule has 0 atom stereocenters. The molecule has 6 heteroatoms. The van der Waals surface area contributed by atoms with Crippen molar-refractivity contribution >= 4 is 34.1 Å². The number of nitrogens with one attached hydrogen (secondary N) is 2. The Morgan fingerprint density at radius 1 is 1.03 bits per heavy atom. The first-order chi connectivity index (χ1) is 16.6. The van der Waals surface area contributed by atoms with Crippen LogP contribution >= 0.6 is 11.6 Å². The van der Waals surface area contributed by atoms with E-state index < -0.39 is 0 Å². The van der Waals surface area contributed by atoms with Crippen LogP contribution in [0.5, 0.6) is 0 Å². The molecule has 0 unspecified atom stereocenters. The molecule has 3 aliphatic heterocycles. The van der Waals surface area contributed by atoms with E-state index in [1.54, 1.807) is 0 Å². The third-order valence-electron chi connectivity index (χ3n) is 8.50. The third-order valence-corrected chi connectivity index (χ3v) is 8.73. The number of carbonyl (C=O) groups is 1. The maximum atomic E-state index is 13.0. The number of nitrogens with zero attached hydrogens (tertiary/aromatic N) is 2. The Morgan fingerprint density at radius 3 is 2.62 bits per heavy atom. The largest absolute Gasteiger partial charge is 0.384 e. The van der Waals surface area contributed by atoms with Crippen molar-refractivity contribution in [2.45, 2.75) is 37.5 Å². The minimum absolute atomic E-state index is 0.141. The van der Waals surface area contributed by atoms with Crippen LogP contribution in [0.15, 0.2) is 48.5 Å². The molecule has 178 valence electrons. The van der Waals surface area contributed by atoms with Crippen LogP contribution < -0.4 is 5.32 Å². The van der Waals surface area contributed by atoms with Crippen LogP contribution in [0, 0.1) is 5.92 Å². The number of halogens is 1. The first-order valence-corrected chi connectivity index (χ1v) is 13.1. The number of benzene rings is 2. The Morgan fingerprint density at radius 2 is 1.82 bits per heavy atom. The van der Waals surface area contributed by atoms with Gasteiger partial charge in [0, 0.05) is 46.7 Å². The first-order valence-electron chi connectivity index (χ1n) is 12.7. The molecule has 0 bridgehead atoms. The lowest BCUT2D eigenvalue weighted by Crippen LogP contribution is -2.44. The summed E-state index contributed by atoms with van der Waals surface area (Å²) in [6.45, 7) is 6.29. The second-order valence-corrected chi connectivity index (χ2v) is 10.9. The Labute approximate surface area is 206 Å². The summed E-state index contributed by atoms with van der Waals surface area (Å²) in [7, 11) is 0. The van der Waals surface area contributed by atoms with E-state index in [1.807, 2.05) is 35.2 Å². The molecule has 6 rings (SSSR count). The van der Waals surface area contributed by atoms with Gasteiger partial charge in [0.1, 0.15) is 5.69 Å². The fourth-order valence-electron chi connectivity index (χ4n) is 6.28.